The Morgan fingerprint density at radius 2 is 1.45 bits per heavy atom. The van der Waals surface area contributed by atoms with E-state index in [1.807, 2.05) is 46.8 Å². The Morgan fingerprint density at radius 3 is 1.86 bits per heavy atom. The van der Waals surface area contributed by atoms with E-state index in [9.17, 15) is 9.18 Å². The molecular formula is C20H33FO. The summed E-state index contributed by atoms with van der Waals surface area (Å²) in [5.41, 5.74) is 1.25. The van der Waals surface area contributed by atoms with Crippen LogP contribution in [0.5, 0.6) is 0 Å². The van der Waals surface area contributed by atoms with Crippen molar-refractivity contribution >= 4 is 5.78 Å². The van der Waals surface area contributed by atoms with E-state index in [2.05, 4.69) is 19.7 Å². The average Bonchev–Trinajstić information content (AvgIpc) is 2.58. The molecule has 0 amide bonds. The Labute approximate surface area is 137 Å². The van der Waals surface area contributed by atoms with E-state index >= 15 is 0 Å². The second-order valence-electron chi connectivity index (χ2n) is 3.26. The maximum atomic E-state index is 11.6. The highest BCUT2D eigenvalue weighted by Crippen LogP contribution is 2.07. The molecule has 0 rings (SSSR count). The third kappa shape index (κ3) is 23.2. The first-order valence-corrected chi connectivity index (χ1v) is 7.48. The zero-order valence-corrected chi connectivity index (χ0v) is 15.2. The van der Waals surface area contributed by atoms with Crippen molar-refractivity contribution in [2.45, 2.75) is 41.0 Å². The maximum Gasteiger partial charge on any atom is 0.166 e. The molecule has 0 aliphatic carbocycles. The molecule has 0 saturated heterocycles. The number of Topliss-reactive ketones (excluding diaryl/α,β-unsaturated/α-hetero) is 1. The second-order valence-corrected chi connectivity index (χ2v) is 3.26. The van der Waals surface area contributed by atoms with Crippen LogP contribution >= 0.6 is 0 Å². The van der Waals surface area contributed by atoms with E-state index in [4.69, 9.17) is 0 Å². The van der Waals surface area contributed by atoms with Crippen molar-refractivity contribution in [3.8, 4) is 0 Å². The molecule has 0 aromatic rings. The van der Waals surface area contributed by atoms with Gasteiger partial charge in [-0.1, -0.05) is 90.0 Å². The summed E-state index contributed by atoms with van der Waals surface area (Å²) < 4.78 is 9.50. The number of halogens is 1. The van der Waals surface area contributed by atoms with Crippen molar-refractivity contribution in [2.75, 3.05) is 7.18 Å². The predicted molar refractivity (Wildman–Crippen MR) is 101 cm³/mol. The number of rotatable bonds is 7. The molecule has 0 aliphatic heterocycles. The van der Waals surface area contributed by atoms with Gasteiger partial charge in [-0.25, -0.2) is 0 Å². The molecule has 0 fully saturated rings. The number of carbonyl (C=O) groups is 1. The van der Waals surface area contributed by atoms with Crippen LogP contribution in [0.2, 0.25) is 0 Å². The van der Waals surface area contributed by atoms with Gasteiger partial charge in [0, 0.05) is 12.0 Å². The van der Waals surface area contributed by atoms with Gasteiger partial charge in [-0.3, -0.25) is 9.18 Å². The summed E-state index contributed by atoms with van der Waals surface area (Å²) in [4.78, 5) is 11.6. The summed E-state index contributed by atoms with van der Waals surface area (Å²) >= 11 is 0. The summed E-state index contributed by atoms with van der Waals surface area (Å²) in [6, 6.07) is 0. The van der Waals surface area contributed by atoms with Crippen LogP contribution < -0.4 is 0 Å². The van der Waals surface area contributed by atoms with Crippen molar-refractivity contribution in [3.05, 3.63) is 73.4 Å². The van der Waals surface area contributed by atoms with E-state index in [0.717, 1.165) is 5.57 Å². The van der Waals surface area contributed by atoms with Crippen LogP contribution in [0.15, 0.2) is 73.4 Å². The highest BCUT2D eigenvalue weighted by atomic mass is 19.1. The molecule has 0 radical (unpaired) electrons. The summed E-state index contributed by atoms with van der Waals surface area (Å²) in [6.45, 7) is 20.9. The van der Waals surface area contributed by atoms with E-state index in [-0.39, 0.29) is 5.78 Å². The van der Waals surface area contributed by atoms with Crippen LogP contribution in [0.25, 0.3) is 0 Å². The molecule has 0 aliphatic rings. The van der Waals surface area contributed by atoms with Crippen molar-refractivity contribution in [1.82, 2.24) is 0 Å². The van der Waals surface area contributed by atoms with Gasteiger partial charge in [0.1, 0.15) is 0 Å². The summed E-state index contributed by atoms with van der Waals surface area (Å²) in [6.07, 6.45) is 12.7. The lowest BCUT2D eigenvalue weighted by Crippen LogP contribution is -1.99. The van der Waals surface area contributed by atoms with Crippen molar-refractivity contribution in [2.24, 2.45) is 0 Å². The normalized spacial score (nSPS) is 9.05. The minimum absolute atomic E-state index is 0.0144. The molecule has 126 valence electrons. The molecule has 0 atom stereocenters. The highest BCUT2D eigenvalue weighted by molar-refractivity contribution is 5.99. The van der Waals surface area contributed by atoms with Gasteiger partial charge in [-0.2, -0.15) is 0 Å². The molecule has 0 unspecified atom stereocenters. The lowest BCUT2D eigenvalue weighted by atomic mass is 10.0. The molecule has 0 N–H and O–H groups in total. The van der Waals surface area contributed by atoms with Crippen LogP contribution in [-0.4, -0.2) is 13.0 Å². The molecule has 0 aromatic heterocycles. The van der Waals surface area contributed by atoms with Crippen LogP contribution in [0.3, 0.4) is 0 Å². The number of hydrogen-bond donors (Lipinski definition) is 0. The number of carbonyl (C=O) groups excluding carboxylic acids is 1. The van der Waals surface area contributed by atoms with Crippen LogP contribution in [0.4, 0.5) is 4.39 Å². The van der Waals surface area contributed by atoms with Gasteiger partial charge >= 0.3 is 0 Å². The Balaban J connectivity index is -0.000000238. The Bertz CT molecular complexity index is 371. The van der Waals surface area contributed by atoms with Gasteiger partial charge in [0.25, 0.3) is 0 Å². The zero-order chi connectivity index (χ0) is 18.4. The standard InChI is InChI=1S/C15H18O.2C2H6.CH3F/c1-5-7-9-11-14(4)15(16)12-13(3)10-8-6-2;3*1-2/h5-11H,2-4,12H2,1H3;2*1-2H3;1H3/b7-5-,10-8-,11-9-;;;. The van der Waals surface area contributed by atoms with Crippen molar-refractivity contribution < 1.29 is 9.18 Å². The van der Waals surface area contributed by atoms with E-state index < -0.39 is 0 Å². The zero-order valence-electron chi connectivity index (χ0n) is 15.2. The number of allylic oxidation sites excluding steroid dienone is 9. The van der Waals surface area contributed by atoms with E-state index in [1.165, 1.54) is 0 Å². The summed E-state index contributed by atoms with van der Waals surface area (Å²) in [5.74, 6) is -0.0144. The fourth-order valence-corrected chi connectivity index (χ4v) is 0.959. The third-order valence-corrected chi connectivity index (χ3v) is 1.81. The number of alkyl halides is 1. The smallest absolute Gasteiger partial charge is 0.166 e. The number of hydrogen-bond acceptors (Lipinski definition) is 1. The first-order chi connectivity index (χ1) is 10.6. The molecule has 0 aromatic carbocycles. The summed E-state index contributed by atoms with van der Waals surface area (Å²) in [5, 5.41) is 0. The first-order valence-electron chi connectivity index (χ1n) is 7.48. The Kier molecular flexibility index (Phi) is 35.2. The lowest BCUT2D eigenvalue weighted by molar-refractivity contribution is -0.114. The lowest BCUT2D eigenvalue weighted by Gasteiger charge is -1.99. The Morgan fingerprint density at radius 1 is 0.955 bits per heavy atom. The van der Waals surface area contributed by atoms with Gasteiger partial charge < -0.3 is 0 Å². The van der Waals surface area contributed by atoms with Gasteiger partial charge in [-0.15, -0.1) is 0 Å². The Hall–Kier alpha value is -1.96. The molecule has 0 spiro atoms. The van der Waals surface area contributed by atoms with Gasteiger partial charge in [-0.05, 0) is 12.5 Å². The van der Waals surface area contributed by atoms with Gasteiger partial charge in [0.2, 0.25) is 0 Å². The van der Waals surface area contributed by atoms with Crippen LogP contribution in [0, 0.1) is 0 Å². The maximum absolute atomic E-state index is 11.6. The first kappa shape index (κ1) is 28.2. The molecule has 22 heavy (non-hydrogen) atoms. The predicted octanol–water partition coefficient (Wildman–Crippen LogP) is 6.57. The topological polar surface area (TPSA) is 17.1 Å². The van der Waals surface area contributed by atoms with Crippen molar-refractivity contribution in [3.63, 3.8) is 0 Å². The summed E-state index contributed by atoms with van der Waals surface area (Å²) in [7, 11) is 0.500. The quantitative estimate of drug-likeness (QED) is 0.384. The molecular weight excluding hydrogens is 275 g/mol. The minimum atomic E-state index is -0.0144. The second kappa shape index (κ2) is 27.4. The molecule has 0 bridgehead atoms. The molecule has 2 heteroatoms. The fraction of sp³-hybridized carbons (Fsp3) is 0.350. The average molecular weight is 308 g/mol. The van der Waals surface area contributed by atoms with Gasteiger partial charge in [0.15, 0.2) is 5.78 Å². The third-order valence-electron chi connectivity index (χ3n) is 1.81. The molecule has 1 nitrogen and oxygen atoms in total. The highest BCUT2D eigenvalue weighted by Gasteiger charge is 2.04. The van der Waals surface area contributed by atoms with E-state index in [0.29, 0.717) is 19.2 Å². The van der Waals surface area contributed by atoms with Crippen LogP contribution in [0.1, 0.15) is 41.0 Å². The monoisotopic (exact) mass is 308 g/mol. The molecule has 0 heterocycles. The number of ketones is 1. The molecule has 0 saturated carbocycles. The SMILES string of the molecule is C=C/C=C\C(=C)CC(=O)C(=C)/C=C\C=C/C.CC.CC.CF. The largest absolute Gasteiger partial charge is 0.294 e. The van der Waals surface area contributed by atoms with Gasteiger partial charge in [0.05, 0.1) is 7.18 Å². The van der Waals surface area contributed by atoms with Crippen LogP contribution in [-0.2, 0) is 4.79 Å². The minimum Gasteiger partial charge on any atom is -0.294 e. The van der Waals surface area contributed by atoms with Crippen molar-refractivity contribution in [1.29, 1.82) is 0 Å². The fourth-order valence-electron chi connectivity index (χ4n) is 0.959. The van der Waals surface area contributed by atoms with E-state index in [1.54, 1.807) is 30.4 Å².